The van der Waals surface area contributed by atoms with Crippen molar-refractivity contribution < 1.29 is 44.0 Å². The molecule has 0 aromatic heterocycles. The molecule has 0 bridgehead atoms. The third-order valence-electron chi connectivity index (χ3n) is 4.55. The highest BCUT2D eigenvalue weighted by Gasteiger charge is 2.49. The summed E-state index contributed by atoms with van der Waals surface area (Å²) >= 11 is 0. The number of hydrogen-bond acceptors (Lipinski definition) is 8. The number of aromatic hydroxyl groups is 2. The highest BCUT2D eigenvalue weighted by molar-refractivity contribution is 6.26. The number of phenols is 2. The summed E-state index contributed by atoms with van der Waals surface area (Å²) in [5.41, 5.74) is -2.16. The molecule has 154 valence electrons. The van der Waals surface area contributed by atoms with Crippen molar-refractivity contribution in [3.63, 3.8) is 0 Å². The molecular weight excluding hydrogens is 396 g/mol. The van der Waals surface area contributed by atoms with Crippen LogP contribution in [0.1, 0.15) is 22.8 Å². The van der Waals surface area contributed by atoms with Gasteiger partial charge in [0.2, 0.25) is 17.2 Å². The Bertz CT molecular complexity index is 1090. The second-order valence-corrected chi connectivity index (χ2v) is 6.74. The van der Waals surface area contributed by atoms with E-state index in [4.69, 9.17) is 14.6 Å². The molecule has 30 heavy (non-hydrogen) atoms. The first kappa shape index (κ1) is 20.6. The Kier molecular flexibility index (Phi) is 5.05. The molecule has 3 rings (SSSR count). The Balaban J connectivity index is 1.93. The van der Waals surface area contributed by atoms with Crippen LogP contribution in [0.25, 0.3) is 0 Å². The van der Waals surface area contributed by atoms with Crippen LogP contribution in [0.15, 0.2) is 59.6 Å². The number of phenolic OH excluding ortho intramolecular Hbond substituents is 2. The van der Waals surface area contributed by atoms with Crippen LogP contribution in [-0.2, 0) is 23.9 Å². The van der Waals surface area contributed by atoms with Crippen LogP contribution in [-0.4, -0.2) is 44.4 Å². The second-order valence-electron chi connectivity index (χ2n) is 6.74. The molecule has 2 aliphatic rings. The zero-order chi connectivity index (χ0) is 22.2. The van der Waals surface area contributed by atoms with Crippen molar-refractivity contribution in [3.8, 4) is 11.5 Å². The Morgan fingerprint density at radius 1 is 1.17 bits per heavy atom. The van der Waals surface area contributed by atoms with Crippen molar-refractivity contribution in [1.29, 1.82) is 0 Å². The van der Waals surface area contributed by atoms with Crippen LogP contribution in [0.2, 0.25) is 0 Å². The van der Waals surface area contributed by atoms with E-state index >= 15 is 0 Å². The molecule has 0 amide bonds. The number of carbonyl (C=O) groups excluding carboxylic acids is 3. The predicted molar refractivity (Wildman–Crippen MR) is 100 cm³/mol. The smallest absolute Gasteiger partial charge is 0.343 e. The average Bonchev–Trinajstić information content (AvgIpc) is 2.64. The van der Waals surface area contributed by atoms with Gasteiger partial charge in [0, 0.05) is 12.1 Å². The lowest BCUT2D eigenvalue weighted by molar-refractivity contribution is -0.145. The number of carboxylic acids is 1. The molecule has 0 saturated heterocycles. The van der Waals surface area contributed by atoms with Crippen molar-refractivity contribution in [3.05, 3.63) is 70.7 Å². The van der Waals surface area contributed by atoms with E-state index in [1.165, 1.54) is 19.1 Å². The van der Waals surface area contributed by atoms with E-state index in [2.05, 4.69) is 0 Å². The maximum Gasteiger partial charge on any atom is 0.343 e. The summed E-state index contributed by atoms with van der Waals surface area (Å²) in [5, 5.41) is 28.1. The maximum absolute atomic E-state index is 12.9. The lowest BCUT2D eigenvalue weighted by atomic mass is 9.80. The molecule has 3 N–H and O–H groups in total. The number of rotatable bonds is 4. The molecule has 1 atom stereocenters. The third-order valence-corrected chi connectivity index (χ3v) is 4.55. The number of esters is 1. The van der Waals surface area contributed by atoms with Gasteiger partial charge in [-0.2, -0.15) is 0 Å². The third kappa shape index (κ3) is 3.60. The zero-order valence-corrected chi connectivity index (χ0v) is 15.8. The molecule has 0 spiro atoms. The van der Waals surface area contributed by atoms with Gasteiger partial charge in [0.15, 0.2) is 0 Å². The van der Waals surface area contributed by atoms with E-state index in [1.807, 2.05) is 0 Å². The number of aliphatic carboxylic acids is 1. The van der Waals surface area contributed by atoms with Gasteiger partial charge in [0.25, 0.3) is 0 Å². The first-order chi connectivity index (χ1) is 14.0. The number of Topliss-reactive ketones (excluding diaryl/α,β-unsaturated/α-hetero) is 1. The Labute approximate surface area is 169 Å². The van der Waals surface area contributed by atoms with Gasteiger partial charge in [0.05, 0.1) is 5.57 Å². The van der Waals surface area contributed by atoms with Crippen molar-refractivity contribution in [2.45, 2.75) is 19.4 Å². The topological polar surface area (TPSA) is 147 Å². The fourth-order valence-electron chi connectivity index (χ4n) is 3.00. The molecule has 1 aliphatic heterocycles. The van der Waals surface area contributed by atoms with Crippen LogP contribution in [0, 0.1) is 6.92 Å². The molecule has 0 saturated carbocycles. The van der Waals surface area contributed by atoms with Gasteiger partial charge in [-0.1, -0.05) is 0 Å². The minimum Gasteiger partial charge on any atom is -0.508 e. The molecule has 9 heteroatoms. The number of benzene rings is 1. The maximum atomic E-state index is 12.9. The van der Waals surface area contributed by atoms with Gasteiger partial charge in [-0.25, -0.2) is 9.59 Å². The number of aryl methyl sites for hydroxylation is 1. The van der Waals surface area contributed by atoms with Gasteiger partial charge in [-0.05, 0) is 49.3 Å². The Hall–Kier alpha value is -4.14. The van der Waals surface area contributed by atoms with Crippen LogP contribution < -0.4 is 0 Å². The second kappa shape index (κ2) is 7.36. The van der Waals surface area contributed by atoms with E-state index in [-0.39, 0.29) is 33.8 Å². The highest BCUT2D eigenvalue weighted by atomic mass is 16.6. The lowest BCUT2D eigenvalue weighted by Crippen LogP contribution is -2.50. The van der Waals surface area contributed by atoms with Gasteiger partial charge in [-0.3, -0.25) is 9.59 Å². The van der Waals surface area contributed by atoms with Gasteiger partial charge in [-0.15, -0.1) is 0 Å². The molecular formula is C21H16O9. The van der Waals surface area contributed by atoms with E-state index in [9.17, 15) is 29.4 Å². The minimum absolute atomic E-state index is 0.0379. The summed E-state index contributed by atoms with van der Waals surface area (Å²) in [5.74, 6) is -4.72. The molecule has 1 aromatic rings. The number of fused-ring (bicyclic) bond motifs is 1. The largest absolute Gasteiger partial charge is 0.508 e. The molecule has 0 fully saturated rings. The van der Waals surface area contributed by atoms with Crippen molar-refractivity contribution in [2.75, 3.05) is 0 Å². The molecule has 9 nitrogen and oxygen atoms in total. The number of carbonyl (C=O) groups is 4. The molecule has 1 aromatic carbocycles. The molecule has 0 unspecified atom stereocenters. The first-order valence-corrected chi connectivity index (χ1v) is 8.59. The number of allylic oxidation sites excluding steroid dienone is 3. The zero-order valence-electron chi connectivity index (χ0n) is 15.8. The molecule has 1 aliphatic carbocycles. The summed E-state index contributed by atoms with van der Waals surface area (Å²) in [4.78, 5) is 48.8. The quantitative estimate of drug-likeness (QED) is 0.383. The van der Waals surface area contributed by atoms with Crippen LogP contribution in [0.5, 0.6) is 11.5 Å². The number of ether oxygens (including phenoxy) is 2. The number of ketones is 2. The number of carboxylic acid groups (broad SMARTS) is 1. The minimum atomic E-state index is -2.20. The summed E-state index contributed by atoms with van der Waals surface area (Å²) in [6.45, 7) is 2.56. The fourth-order valence-corrected chi connectivity index (χ4v) is 3.00. The predicted octanol–water partition coefficient (Wildman–Crippen LogP) is 1.84. The van der Waals surface area contributed by atoms with Crippen molar-refractivity contribution in [1.82, 2.24) is 0 Å². The summed E-state index contributed by atoms with van der Waals surface area (Å²) < 4.78 is 10.4. The van der Waals surface area contributed by atoms with Crippen LogP contribution >= 0.6 is 0 Å². The van der Waals surface area contributed by atoms with Crippen molar-refractivity contribution in [2.24, 2.45) is 0 Å². The van der Waals surface area contributed by atoms with E-state index in [0.717, 1.165) is 37.5 Å². The number of hydrogen-bond donors (Lipinski definition) is 3. The lowest BCUT2D eigenvalue weighted by Gasteiger charge is -2.31. The van der Waals surface area contributed by atoms with Gasteiger partial charge >= 0.3 is 11.9 Å². The Morgan fingerprint density at radius 3 is 2.50 bits per heavy atom. The van der Waals surface area contributed by atoms with E-state index in [0.29, 0.717) is 0 Å². The van der Waals surface area contributed by atoms with Crippen LogP contribution in [0.4, 0.5) is 0 Å². The summed E-state index contributed by atoms with van der Waals surface area (Å²) in [6, 6.07) is 2.15. The first-order valence-electron chi connectivity index (χ1n) is 8.59. The highest BCUT2D eigenvalue weighted by Crippen LogP contribution is 2.35. The van der Waals surface area contributed by atoms with Gasteiger partial charge < -0.3 is 24.8 Å². The summed E-state index contributed by atoms with van der Waals surface area (Å²) in [7, 11) is 0. The van der Waals surface area contributed by atoms with Gasteiger partial charge in [0.1, 0.15) is 29.1 Å². The standard InChI is InChI=1S/C21H16O9/c1-10-5-12(22)8-15(23)18(10)20(28)30-21(2)16(24)7-11-6-13(3-4-17(25)26)29-9-14(11)19(21)27/h3-9,22-23H,1-2H3,(H,25,26)/b4-3-/t21-/m1/s1. The molecule has 1 heterocycles. The van der Waals surface area contributed by atoms with E-state index < -0.39 is 34.9 Å². The van der Waals surface area contributed by atoms with Crippen molar-refractivity contribution >= 4 is 23.5 Å². The average molecular weight is 412 g/mol. The molecule has 0 radical (unpaired) electrons. The Morgan fingerprint density at radius 2 is 1.87 bits per heavy atom. The fraction of sp³-hybridized carbons (Fsp3) is 0.143. The normalized spacial score (nSPS) is 20.7. The van der Waals surface area contributed by atoms with Crippen LogP contribution in [0.3, 0.4) is 0 Å². The monoisotopic (exact) mass is 412 g/mol. The summed E-state index contributed by atoms with van der Waals surface area (Å²) in [6.07, 6.45) is 5.41. The van der Waals surface area contributed by atoms with E-state index in [1.54, 1.807) is 0 Å². The SMILES string of the molecule is Cc1cc(O)cc(O)c1C(=O)O[C@]1(C)C(=O)C=C2C=C(/C=C\C(=O)O)OC=C2C1=O.